The van der Waals surface area contributed by atoms with Crippen LogP contribution in [0.1, 0.15) is 55.3 Å². The van der Waals surface area contributed by atoms with Crippen molar-refractivity contribution in [2.24, 2.45) is 0 Å². The summed E-state index contributed by atoms with van der Waals surface area (Å²) in [6.45, 7) is 6.12. The standard InChI is InChI=1S/C26H25ClFN7O/c1-15-12-34(14-30-15)22-8-7-21(31-25(22)36-4)23-32-24-16(6-5-9-35(24)33-23)17-10-18(26(2,3)13-29)19(27)11-20(17)28/h7-8,10-12,14,16H,5-6,9H2,1-4H3/t16-/m1/s1. The number of aryl methyl sites for hydroxylation is 2. The van der Waals surface area contributed by atoms with E-state index >= 15 is 4.39 Å². The van der Waals surface area contributed by atoms with Crippen LogP contribution in [0.15, 0.2) is 36.8 Å². The molecule has 0 fully saturated rings. The highest BCUT2D eigenvalue weighted by molar-refractivity contribution is 6.31. The lowest BCUT2D eigenvalue weighted by atomic mass is 9.82. The zero-order valence-corrected chi connectivity index (χ0v) is 21.2. The van der Waals surface area contributed by atoms with Gasteiger partial charge in [0.05, 0.1) is 30.6 Å². The van der Waals surface area contributed by atoms with Crippen LogP contribution in [-0.4, -0.2) is 36.4 Å². The van der Waals surface area contributed by atoms with Crippen LogP contribution in [-0.2, 0) is 12.0 Å². The summed E-state index contributed by atoms with van der Waals surface area (Å²) < 4.78 is 24.4. The van der Waals surface area contributed by atoms with Crippen molar-refractivity contribution in [1.29, 1.82) is 5.26 Å². The molecule has 1 atom stereocenters. The molecule has 10 heteroatoms. The summed E-state index contributed by atoms with van der Waals surface area (Å²) in [6, 6.07) is 8.98. The molecule has 4 heterocycles. The van der Waals surface area contributed by atoms with E-state index in [1.807, 2.05) is 34.5 Å². The van der Waals surface area contributed by atoms with Gasteiger partial charge >= 0.3 is 0 Å². The third-order valence-electron chi connectivity index (χ3n) is 6.54. The molecule has 0 aliphatic carbocycles. The Morgan fingerprint density at radius 1 is 1.25 bits per heavy atom. The van der Waals surface area contributed by atoms with Gasteiger partial charge in [0.15, 0.2) is 5.82 Å². The number of fused-ring (bicyclic) bond motifs is 1. The van der Waals surface area contributed by atoms with Crippen molar-refractivity contribution in [2.75, 3.05) is 7.11 Å². The molecular weight excluding hydrogens is 481 g/mol. The van der Waals surface area contributed by atoms with Gasteiger partial charge in [0.1, 0.15) is 23.0 Å². The third kappa shape index (κ3) is 4.11. The summed E-state index contributed by atoms with van der Waals surface area (Å²) in [5.74, 6) is 0.783. The summed E-state index contributed by atoms with van der Waals surface area (Å²) in [5.41, 5.74) is 2.38. The molecule has 1 aromatic carbocycles. The van der Waals surface area contributed by atoms with Gasteiger partial charge in [0, 0.05) is 23.7 Å². The smallest absolute Gasteiger partial charge is 0.238 e. The Morgan fingerprint density at radius 2 is 2.06 bits per heavy atom. The molecule has 0 bridgehead atoms. The van der Waals surface area contributed by atoms with Crippen molar-refractivity contribution in [3.8, 4) is 29.2 Å². The lowest BCUT2D eigenvalue weighted by molar-refractivity contribution is 0.396. The fourth-order valence-electron chi connectivity index (χ4n) is 4.58. The number of imidazole rings is 1. The fraction of sp³-hybridized carbons (Fsp3) is 0.346. The minimum absolute atomic E-state index is 0.241. The molecule has 0 N–H and O–H groups in total. The highest BCUT2D eigenvalue weighted by Crippen LogP contribution is 2.39. The minimum atomic E-state index is -0.858. The molecule has 0 saturated heterocycles. The molecule has 3 aromatic heterocycles. The Bertz CT molecular complexity index is 1500. The topological polar surface area (TPSA) is 94.4 Å². The Morgan fingerprint density at radius 3 is 2.75 bits per heavy atom. The second-order valence-electron chi connectivity index (χ2n) is 9.45. The van der Waals surface area contributed by atoms with E-state index in [1.54, 1.807) is 33.4 Å². The highest BCUT2D eigenvalue weighted by atomic mass is 35.5. The number of nitrogens with zero attached hydrogens (tertiary/aromatic N) is 7. The summed E-state index contributed by atoms with van der Waals surface area (Å²) in [6.07, 6.45) is 5.11. The Kier molecular flexibility index (Phi) is 6.00. The second-order valence-corrected chi connectivity index (χ2v) is 9.86. The number of nitriles is 1. The molecule has 36 heavy (non-hydrogen) atoms. The number of halogens is 2. The fourth-order valence-corrected chi connectivity index (χ4v) is 4.97. The molecule has 0 unspecified atom stereocenters. The molecule has 8 nitrogen and oxygen atoms in total. The number of pyridine rings is 1. The quantitative estimate of drug-likeness (QED) is 0.362. The first kappa shape index (κ1) is 23.9. The molecule has 5 rings (SSSR count). The van der Waals surface area contributed by atoms with Crippen molar-refractivity contribution in [1.82, 2.24) is 29.3 Å². The largest absolute Gasteiger partial charge is 0.479 e. The number of hydrogen-bond donors (Lipinski definition) is 0. The van der Waals surface area contributed by atoms with E-state index in [1.165, 1.54) is 6.07 Å². The van der Waals surface area contributed by atoms with Crippen molar-refractivity contribution >= 4 is 11.6 Å². The first-order chi connectivity index (χ1) is 17.2. The van der Waals surface area contributed by atoms with Crippen LogP contribution in [0.2, 0.25) is 5.02 Å². The lowest BCUT2D eigenvalue weighted by Gasteiger charge is -2.25. The maximum Gasteiger partial charge on any atom is 0.238 e. The van der Waals surface area contributed by atoms with Gasteiger partial charge < -0.3 is 9.30 Å². The Hall–Kier alpha value is -3.77. The molecule has 0 spiro atoms. The molecule has 184 valence electrons. The average molecular weight is 506 g/mol. The van der Waals surface area contributed by atoms with E-state index < -0.39 is 11.2 Å². The van der Waals surface area contributed by atoms with E-state index in [0.717, 1.165) is 17.8 Å². The van der Waals surface area contributed by atoms with Gasteiger partial charge in [-0.05, 0) is 69.0 Å². The maximum absolute atomic E-state index is 15.2. The van der Waals surface area contributed by atoms with Gasteiger partial charge in [-0.1, -0.05) is 11.6 Å². The summed E-state index contributed by atoms with van der Waals surface area (Å²) in [7, 11) is 1.56. The molecule has 1 aliphatic rings. The van der Waals surface area contributed by atoms with Crippen LogP contribution < -0.4 is 4.74 Å². The van der Waals surface area contributed by atoms with Crippen LogP contribution >= 0.6 is 11.6 Å². The number of rotatable bonds is 5. The van der Waals surface area contributed by atoms with Gasteiger partial charge in [0.2, 0.25) is 5.88 Å². The summed E-state index contributed by atoms with van der Waals surface area (Å²) >= 11 is 6.32. The molecule has 4 aromatic rings. The van der Waals surface area contributed by atoms with Gasteiger partial charge in [-0.25, -0.2) is 24.0 Å². The summed E-state index contributed by atoms with van der Waals surface area (Å²) in [4.78, 5) is 13.7. The highest BCUT2D eigenvalue weighted by Gasteiger charge is 2.32. The van der Waals surface area contributed by atoms with Gasteiger partial charge in [-0.3, -0.25) is 0 Å². The molecule has 0 radical (unpaired) electrons. The molecular formula is C26H25ClFN7O. The minimum Gasteiger partial charge on any atom is -0.479 e. The normalized spacial score (nSPS) is 15.4. The molecule has 0 saturated carbocycles. The van der Waals surface area contributed by atoms with E-state index in [9.17, 15) is 5.26 Å². The summed E-state index contributed by atoms with van der Waals surface area (Å²) in [5, 5.41) is 14.5. The zero-order chi connectivity index (χ0) is 25.6. The average Bonchev–Trinajstić information content (AvgIpc) is 3.50. The second kappa shape index (κ2) is 9.03. The van der Waals surface area contributed by atoms with Crippen molar-refractivity contribution in [3.63, 3.8) is 0 Å². The number of benzene rings is 1. The molecule has 0 amide bonds. The van der Waals surface area contributed by atoms with E-state index in [-0.39, 0.29) is 10.9 Å². The van der Waals surface area contributed by atoms with Gasteiger partial charge in [-0.15, -0.1) is 5.10 Å². The van der Waals surface area contributed by atoms with Crippen LogP contribution in [0.5, 0.6) is 5.88 Å². The number of hydrogen-bond acceptors (Lipinski definition) is 6. The lowest BCUT2D eigenvalue weighted by Crippen LogP contribution is -2.21. The zero-order valence-electron chi connectivity index (χ0n) is 20.5. The van der Waals surface area contributed by atoms with Crippen molar-refractivity contribution in [2.45, 2.75) is 51.5 Å². The first-order valence-corrected chi connectivity index (χ1v) is 12.0. The third-order valence-corrected chi connectivity index (χ3v) is 6.85. The maximum atomic E-state index is 15.2. The van der Waals surface area contributed by atoms with Crippen LogP contribution in [0.3, 0.4) is 0 Å². The predicted octanol–water partition coefficient (Wildman–Crippen LogP) is 5.36. The van der Waals surface area contributed by atoms with Crippen LogP contribution in [0, 0.1) is 24.1 Å². The Balaban J connectivity index is 1.55. The van der Waals surface area contributed by atoms with E-state index in [2.05, 4.69) is 21.1 Å². The van der Waals surface area contributed by atoms with Crippen LogP contribution in [0.25, 0.3) is 17.2 Å². The van der Waals surface area contributed by atoms with Crippen molar-refractivity contribution < 1.29 is 9.13 Å². The van der Waals surface area contributed by atoms with E-state index in [0.29, 0.717) is 47.3 Å². The van der Waals surface area contributed by atoms with Gasteiger partial charge in [-0.2, -0.15) is 5.26 Å². The molecule has 1 aliphatic heterocycles. The SMILES string of the molecule is COc1nc(-c2nc3n(n2)CCC[C@@H]3c2cc(C(C)(C)C#N)c(Cl)cc2F)ccc1-n1cnc(C)c1. The van der Waals surface area contributed by atoms with Gasteiger partial charge in [0.25, 0.3) is 0 Å². The number of aromatic nitrogens is 6. The number of methoxy groups -OCH3 is 1. The predicted molar refractivity (Wildman–Crippen MR) is 133 cm³/mol. The van der Waals surface area contributed by atoms with E-state index in [4.69, 9.17) is 21.3 Å². The number of ether oxygens (including phenoxy) is 1. The Labute approximate surface area is 213 Å². The van der Waals surface area contributed by atoms with Crippen LogP contribution in [0.4, 0.5) is 4.39 Å². The monoisotopic (exact) mass is 505 g/mol. The first-order valence-electron chi connectivity index (χ1n) is 11.6. The van der Waals surface area contributed by atoms with Crippen molar-refractivity contribution in [3.05, 3.63) is 70.3 Å².